The molecule has 0 unspecified atom stereocenters. The van der Waals surface area contributed by atoms with Gasteiger partial charge < -0.3 is 19.4 Å². The third-order valence-corrected chi connectivity index (χ3v) is 6.60. The Balaban J connectivity index is 1.43. The van der Waals surface area contributed by atoms with Crippen molar-refractivity contribution in [2.45, 2.75) is 32.9 Å². The van der Waals surface area contributed by atoms with Crippen molar-refractivity contribution in [2.75, 3.05) is 10.6 Å². The molecule has 9 nitrogen and oxygen atoms in total. The lowest BCUT2D eigenvalue weighted by Crippen LogP contribution is -2.27. The first-order chi connectivity index (χ1) is 17.7. The van der Waals surface area contributed by atoms with Crippen LogP contribution in [-0.4, -0.2) is 37.1 Å². The Bertz CT molecular complexity index is 1590. The number of imidazole rings is 1. The number of anilines is 2. The molecule has 3 aromatic heterocycles. The lowest BCUT2D eigenvalue weighted by molar-refractivity contribution is 0.0630. The molecule has 0 atom stereocenters. The number of hydrogen-bond acceptors (Lipinski definition) is 7. The van der Waals surface area contributed by atoms with Crippen molar-refractivity contribution in [2.24, 2.45) is 0 Å². The lowest BCUT2D eigenvalue weighted by atomic mass is 10.1. The second-order valence-corrected chi connectivity index (χ2v) is 10.3. The van der Waals surface area contributed by atoms with E-state index in [2.05, 4.69) is 20.6 Å². The van der Waals surface area contributed by atoms with Crippen molar-refractivity contribution in [3.8, 4) is 10.6 Å². The number of carbonyl (C=O) groups is 2. The number of thiophene rings is 1. The smallest absolute Gasteiger partial charge is 0.268 e. The maximum atomic E-state index is 13.1. The molecule has 0 fully saturated rings. The molecule has 0 aliphatic heterocycles. The van der Waals surface area contributed by atoms with E-state index in [1.165, 1.54) is 11.3 Å². The Morgan fingerprint density at radius 2 is 1.84 bits per heavy atom. The van der Waals surface area contributed by atoms with Crippen molar-refractivity contribution in [1.82, 2.24) is 14.5 Å². The van der Waals surface area contributed by atoms with Gasteiger partial charge in [-0.15, -0.1) is 11.3 Å². The van der Waals surface area contributed by atoms with E-state index >= 15 is 0 Å². The van der Waals surface area contributed by atoms with E-state index in [9.17, 15) is 14.7 Å². The van der Waals surface area contributed by atoms with Crippen LogP contribution >= 0.6 is 11.3 Å². The summed E-state index contributed by atoms with van der Waals surface area (Å²) in [7, 11) is 0. The van der Waals surface area contributed by atoms with Crippen LogP contribution in [0.5, 0.6) is 0 Å². The molecule has 0 aliphatic rings. The van der Waals surface area contributed by atoms with Crippen LogP contribution in [0.25, 0.3) is 21.7 Å². The number of amides is 2. The minimum atomic E-state index is -1.06. The van der Waals surface area contributed by atoms with Crippen LogP contribution in [0.1, 0.15) is 39.8 Å². The lowest BCUT2D eigenvalue weighted by Gasteiger charge is -2.20. The van der Waals surface area contributed by atoms with Crippen LogP contribution in [0, 0.1) is 6.92 Å². The quantitative estimate of drug-likeness (QED) is 0.269. The number of nitrogens with zero attached hydrogens (tertiary/aromatic N) is 3. The molecule has 5 aromatic rings. The van der Waals surface area contributed by atoms with Crippen molar-refractivity contribution >= 4 is 45.8 Å². The van der Waals surface area contributed by atoms with E-state index in [-0.39, 0.29) is 18.4 Å². The number of nitrogens with one attached hydrogen (secondary N) is 2. The summed E-state index contributed by atoms with van der Waals surface area (Å²) in [6, 6.07) is 17.7. The van der Waals surface area contributed by atoms with Crippen LogP contribution in [0.4, 0.5) is 11.6 Å². The summed E-state index contributed by atoms with van der Waals surface area (Å²) in [4.78, 5) is 35.7. The monoisotopic (exact) mass is 515 g/mol. The number of rotatable bonds is 7. The van der Waals surface area contributed by atoms with Gasteiger partial charge in [-0.25, -0.2) is 9.97 Å². The number of aliphatic hydroxyl groups is 1. The highest BCUT2D eigenvalue weighted by molar-refractivity contribution is 7.17. The summed E-state index contributed by atoms with van der Waals surface area (Å²) < 4.78 is 7.31. The molecule has 0 saturated carbocycles. The Morgan fingerprint density at radius 3 is 2.54 bits per heavy atom. The third kappa shape index (κ3) is 5.45. The summed E-state index contributed by atoms with van der Waals surface area (Å²) in [5, 5.41) is 16.3. The van der Waals surface area contributed by atoms with E-state index in [0.717, 1.165) is 4.88 Å². The van der Waals surface area contributed by atoms with Gasteiger partial charge in [-0.05, 0) is 56.3 Å². The molecular formula is C27H25N5O4S. The van der Waals surface area contributed by atoms with E-state index in [1.54, 1.807) is 86.1 Å². The summed E-state index contributed by atoms with van der Waals surface area (Å²) in [6.45, 7) is 5.33. The normalized spacial score (nSPS) is 11.6. The highest BCUT2D eigenvalue weighted by Gasteiger charge is 2.22. The van der Waals surface area contributed by atoms with Crippen LogP contribution in [-0.2, 0) is 6.54 Å². The van der Waals surface area contributed by atoms with Gasteiger partial charge in [-0.1, -0.05) is 18.2 Å². The largest absolute Gasteiger partial charge is 0.440 e. The fourth-order valence-corrected chi connectivity index (χ4v) is 4.72. The number of carbonyl (C=O) groups excluding carboxylic acids is 2. The molecular weight excluding hydrogens is 490 g/mol. The average Bonchev–Trinajstić information content (AvgIpc) is 3.58. The number of aromatic nitrogens is 3. The van der Waals surface area contributed by atoms with Gasteiger partial charge in [-0.3, -0.25) is 14.9 Å². The minimum Gasteiger partial charge on any atom is -0.440 e. The molecule has 2 aromatic carbocycles. The van der Waals surface area contributed by atoms with E-state index in [0.29, 0.717) is 44.8 Å². The molecule has 3 heterocycles. The van der Waals surface area contributed by atoms with Gasteiger partial charge in [0.2, 0.25) is 5.95 Å². The van der Waals surface area contributed by atoms with Gasteiger partial charge >= 0.3 is 0 Å². The Hall–Kier alpha value is -4.28. The van der Waals surface area contributed by atoms with Crippen LogP contribution in [0.15, 0.2) is 71.3 Å². The highest BCUT2D eigenvalue weighted by atomic mass is 32.1. The molecule has 37 heavy (non-hydrogen) atoms. The summed E-state index contributed by atoms with van der Waals surface area (Å²) in [6.07, 6.45) is 1.62. The molecule has 0 spiro atoms. The first-order valence-electron chi connectivity index (χ1n) is 11.6. The van der Waals surface area contributed by atoms with Crippen LogP contribution < -0.4 is 10.6 Å². The fraction of sp³-hybridized carbons (Fsp3) is 0.185. The van der Waals surface area contributed by atoms with E-state index in [4.69, 9.17) is 4.42 Å². The number of fused-ring (bicyclic) bond motifs is 1. The zero-order chi connectivity index (χ0) is 26.2. The molecule has 5 rings (SSSR count). The summed E-state index contributed by atoms with van der Waals surface area (Å²) in [5.74, 6) is 0.867. The maximum Gasteiger partial charge on any atom is 0.268 e. The van der Waals surface area contributed by atoms with Gasteiger partial charge in [0.05, 0.1) is 39.1 Å². The van der Waals surface area contributed by atoms with Gasteiger partial charge in [0, 0.05) is 18.2 Å². The topological polar surface area (TPSA) is 122 Å². The molecule has 3 N–H and O–H groups in total. The molecule has 0 bridgehead atoms. The highest BCUT2D eigenvalue weighted by Crippen LogP contribution is 2.30. The van der Waals surface area contributed by atoms with Gasteiger partial charge in [-0.2, -0.15) is 0 Å². The Labute approximate surface area is 216 Å². The van der Waals surface area contributed by atoms with Crippen molar-refractivity contribution in [1.29, 1.82) is 0 Å². The first kappa shape index (κ1) is 24.4. The number of hydrogen-bond donors (Lipinski definition) is 3. The SMILES string of the molecule is Cc1ncc(-c2ccc(C(=O)Nc3nc4cc(NC(=O)c5ccccc5)ccc4n3CC(C)(C)O)s2)o1. The van der Waals surface area contributed by atoms with E-state index in [1.807, 2.05) is 6.07 Å². The molecule has 0 aliphatic carbocycles. The molecule has 188 valence electrons. The Morgan fingerprint density at radius 1 is 1.05 bits per heavy atom. The van der Waals surface area contributed by atoms with Crippen molar-refractivity contribution in [3.63, 3.8) is 0 Å². The number of benzene rings is 2. The third-order valence-electron chi connectivity index (χ3n) is 5.51. The number of oxazole rings is 1. The van der Waals surface area contributed by atoms with Gasteiger partial charge in [0.15, 0.2) is 11.7 Å². The van der Waals surface area contributed by atoms with Crippen LogP contribution in [0.3, 0.4) is 0 Å². The zero-order valence-corrected chi connectivity index (χ0v) is 21.3. The minimum absolute atomic E-state index is 0.196. The Kier molecular flexibility index (Phi) is 6.36. The van der Waals surface area contributed by atoms with Crippen molar-refractivity contribution < 1.29 is 19.1 Å². The maximum absolute atomic E-state index is 13.1. The molecule has 2 amide bonds. The molecule has 0 radical (unpaired) electrons. The van der Waals surface area contributed by atoms with Crippen LogP contribution in [0.2, 0.25) is 0 Å². The predicted octanol–water partition coefficient (Wildman–Crippen LogP) is 5.34. The average molecular weight is 516 g/mol. The summed E-state index contributed by atoms with van der Waals surface area (Å²) in [5.41, 5.74) is 1.32. The zero-order valence-electron chi connectivity index (χ0n) is 20.5. The second-order valence-electron chi connectivity index (χ2n) is 9.22. The number of aryl methyl sites for hydroxylation is 1. The predicted molar refractivity (Wildman–Crippen MR) is 143 cm³/mol. The summed E-state index contributed by atoms with van der Waals surface area (Å²) >= 11 is 1.28. The molecule has 10 heteroatoms. The van der Waals surface area contributed by atoms with Gasteiger partial charge in [0.25, 0.3) is 11.8 Å². The first-order valence-corrected chi connectivity index (χ1v) is 12.4. The van der Waals surface area contributed by atoms with E-state index < -0.39 is 5.60 Å². The van der Waals surface area contributed by atoms with Crippen molar-refractivity contribution in [3.05, 3.63) is 83.2 Å². The second kappa shape index (κ2) is 9.64. The van der Waals surface area contributed by atoms with Gasteiger partial charge in [0.1, 0.15) is 0 Å². The standard InChI is InChI=1S/C27H25N5O4S/c1-16-28-14-21(36-16)22-11-12-23(37-22)25(34)31-26-30-19-13-18(29-24(33)17-7-5-4-6-8-17)9-10-20(19)32(26)15-27(2,3)35/h4-14,35H,15H2,1-3H3,(H,29,33)(H,30,31,34). The molecule has 0 saturated heterocycles. The fourth-order valence-electron chi connectivity index (χ4n) is 3.87.